The van der Waals surface area contributed by atoms with Gasteiger partial charge < -0.3 is 0 Å². The van der Waals surface area contributed by atoms with E-state index in [0.29, 0.717) is 6.07 Å². The Morgan fingerprint density at radius 3 is 2.12 bits per heavy atom. The van der Waals surface area contributed by atoms with Crippen LogP contribution in [0.3, 0.4) is 0 Å². The van der Waals surface area contributed by atoms with Gasteiger partial charge in [0.25, 0.3) is 0 Å². The standard InChI is InChI=1S/C11H6F2N2O/c12-8-4-7(5-9(13)6-8)10(16)11-14-2-1-3-15-11/h1-6H. The van der Waals surface area contributed by atoms with Gasteiger partial charge in [0, 0.05) is 24.0 Å². The number of carbonyl (C=O) groups is 1. The van der Waals surface area contributed by atoms with Crippen LogP contribution in [0.4, 0.5) is 8.78 Å². The lowest BCUT2D eigenvalue weighted by atomic mass is 10.1. The number of ketones is 1. The highest BCUT2D eigenvalue weighted by Gasteiger charge is 2.13. The zero-order valence-electron chi connectivity index (χ0n) is 8.02. The molecule has 0 spiro atoms. The molecular weight excluding hydrogens is 214 g/mol. The van der Waals surface area contributed by atoms with E-state index in [2.05, 4.69) is 9.97 Å². The fraction of sp³-hybridized carbons (Fsp3) is 0. The highest BCUT2D eigenvalue weighted by Crippen LogP contribution is 2.10. The lowest BCUT2D eigenvalue weighted by Crippen LogP contribution is -2.07. The van der Waals surface area contributed by atoms with Crippen molar-refractivity contribution in [2.45, 2.75) is 0 Å². The average molecular weight is 220 g/mol. The number of hydrogen-bond donors (Lipinski definition) is 0. The van der Waals surface area contributed by atoms with E-state index in [-0.39, 0.29) is 11.4 Å². The normalized spacial score (nSPS) is 10.1. The molecule has 0 fully saturated rings. The molecule has 0 saturated carbocycles. The predicted octanol–water partition coefficient (Wildman–Crippen LogP) is 1.99. The molecule has 0 aliphatic heterocycles. The highest BCUT2D eigenvalue weighted by atomic mass is 19.1. The summed E-state index contributed by atoms with van der Waals surface area (Å²) in [5.74, 6) is -2.31. The quantitative estimate of drug-likeness (QED) is 0.727. The fourth-order valence-corrected chi connectivity index (χ4v) is 1.23. The minimum atomic E-state index is -0.806. The van der Waals surface area contributed by atoms with Crippen molar-refractivity contribution in [1.29, 1.82) is 0 Å². The highest BCUT2D eigenvalue weighted by molar-refractivity contribution is 6.06. The van der Waals surface area contributed by atoms with Gasteiger partial charge in [-0.2, -0.15) is 0 Å². The first-order chi connectivity index (χ1) is 7.66. The number of hydrogen-bond acceptors (Lipinski definition) is 3. The average Bonchev–Trinajstić information content (AvgIpc) is 2.28. The summed E-state index contributed by atoms with van der Waals surface area (Å²) in [7, 11) is 0. The molecule has 0 aliphatic rings. The summed E-state index contributed by atoms with van der Waals surface area (Å²) in [6.45, 7) is 0. The van der Waals surface area contributed by atoms with Crippen LogP contribution in [-0.4, -0.2) is 15.8 Å². The molecule has 2 rings (SSSR count). The molecule has 0 N–H and O–H groups in total. The molecule has 1 heterocycles. The molecule has 1 aromatic heterocycles. The third-order valence-electron chi connectivity index (χ3n) is 1.89. The smallest absolute Gasteiger partial charge is 0.230 e. The van der Waals surface area contributed by atoms with E-state index in [9.17, 15) is 13.6 Å². The third-order valence-corrected chi connectivity index (χ3v) is 1.89. The van der Waals surface area contributed by atoms with Crippen LogP contribution >= 0.6 is 0 Å². The van der Waals surface area contributed by atoms with E-state index in [1.54, 1.807) is 6.07 Å². The summed E-state index contributed by atoms with van der Waals surface area (Å²) < 4.78 is 25.7. The van der Waals surface area contributed by atoms with Crippen LogP contribution < -0.4 is 0 Å². The second-order valence-electron chi connectivity index (χ2n) is 3.06. The molecule has 0 aliphatic carbocycles. The van der Waals surface area contributed by atoms with E-state index >= 15 is 0 Å². The van der Waals surface area contributed by atoms with E-state index in [0.717, 1.165) is 12.1 Å². The largest absolute Gasteiger partial charge is 0.285 e. The Labute approximate surface area is 89.8 Å². The molecular formula is C11H6F2N2O. The zero-order valence-corrected chi connectivity index (χ0v) is 8.02. The maximum atomic E-state index is 12.9. The Morgan fingerprint density at radius 2 is 1.56 bits per heavy atom. The minimum Gasteiger partial charge on any atom is -0.285 e. The number of carbonyl (C=O) groups excluding carboxylic acids is 1. The molecule has 16 heavy (non-hydrogen) atoms. The monoisotopic (exact) mass is 220 g/mol. The van der Waals surface area contributed by atoms with Gasteiger partial charge in [0.1, 0.15) is 11.6 Å². The van der Waals surface area contributed by atoms with Gasteiger partial charge in [-0.15, -0.1) is 0 Å². The zero-order chi connectivity index (χ0) is 11.5. The summed E-state index contributed by atoms with van der Waals surface area (Å²) in [5, 5.41) is 0. The summed E-state index contributed by atoms with van der Waals surface area (Å²) in [6, 6.07) is 4.13. The molecule has 0 amide bonds. The molecule has 80 valence electrons. The van der Waals surface area contributed by atoms with Crippen molar-refractivity contribution in [2.75, 3.05) is 0 Å². The first-order valence-electron chi connectivity index (χ1n) is 4.44. The first-order valence-corrected chi connectivity index (χ1v) is 4.44. The number of aromatic nitrogens is 2. The second kappa shape index (κ2) is 4.14. The summed E-state index contributed by atoms with van der Waals surface area (Å²) in [6.07, 6.45) is 2.77. The van der Waals surface area contributed by atoms with Gasteiger partial charge in [0.2, 0.25) is 11.6 Å². The summed E-state index contributed by atoms with van der Waals surface area (Å²) >= 11 is 0. The minimum absolute atomic E-state index is 0.0903. The number of halogens is 2. The van der Waals surface area contributed by atoms with Crippen molar-refractivity contribution in [1.82, 2.24) is 9.97 Å². The van der Waals surface area contributed by atoms with Crippen molar-refractivity contribution in [3.05, 3.63) is 59.7 Å². The Morgan fingerprint density at radius 1 is 1.00 bits per heavy atom. The first kappa shape index (κ1) is 10.4. The Bertz CT molecular complexity index is 509. The van der Waals surface area contributed by atoms with Crippen LogP contribution in [-0.2, 0) is 0 Å². The van der Waals surface area contributed by atoms with Crippen molar-refractivity contribution < 1.29 is 13.6 Å². The van der Waals surface area contributed by atoms with Crippen molar-refractivity contribution in [3.8, 4) is 0 Å². The Hall–Kier alpha value is -2.17. The van der Waals surface area contributed by atoms with Gasteiger partial charge in [0.15, 0.2) is 0 Å². The van der Waals surface area contributed by atoms with Gasteiger partial charge in [-0.3, -0.25) is 4.79 Å². The third kappa shape index (κ3) is 2.08. The van der Waals surface area contributed by atoms with Crippen molar-refractivity contribution in [2.24, 2.45) is 0 Å². The van der Waals surface area contributed by atoms with Gasteiger partial charge in [-0.05, 0) is 18.2 Å². The fourth-order valence-electron chi connectivity index (χ4n) is 1.23. The van der Waals surface area contributed by atoms with Gasteiger partial charge >= 0.3 is 0 Å². The van der Waals surface area contributed by atoms with E-state index < -0.39 is 17.4 Å². The SMILES string of the molecule is O=C(c1cc(F)cc(F)c1)c1ncccn1. The molecule has 5 heteroatoms. The van der Waals surface area contributed by atoms with Gasteiger partial charge in [0.05, 0.1) is 0 Å². The number of rotatable bonds is 2. The summed E-state index contributed by atoms with van der Waals surface area (Å²) in [5.41, 5.74) is -0.108. The van der Waals surface area contributed by atoms with Crippen LogP contribution in [0.2, 0.25) is 0 Å². The Kier molecular flexibility index (Phi) is 2.68. The van der Waals surface area contributed by atoms with Crippen molar-refractivity contribution in [3.63, 3.8) is 0 Å². The van der Waals surface area contributed by atoms with E-state index in [4.69, 9.17) is 0 Å². The van der Waals surface area contributed by atoms with Crippen LogP contribution in [0.5, 0.6) is 0 Å². The lowest BCUT2D eigenvalue weighted by molar-refractivity contribution is 0.102. The molecule has 0 radical (unpaired) electrons. The van der Waals surface area contributed by atoms with Crippen LogP contribution in [0.15, 0.2) is 36.7 Å². The molecule has 2 aromatic rings. The topological polar surface area (TPSA) is 42.9 Å². The lowest BCUT2D eigenvalue weighted by Gasteiger charge is -1.99. The number of benzene rings is 1. The molecule has 3 nitrogen and oxygen atoms in total. The molecule has 0 unspecified atom stereocenters. The predicted molar refractivity (Wildman–Crippen MR) is 51.8 cm³/mol. The van der Waals surface area contributed by atoms with Crippen LogP contribution in [0.25, 0.3) is 0 Å². The molecule has 0 atom stereocenters. The van der Waals surface area contributed by atoms with Crippen LogP contribution in [0.1, 0.15) is 16.2 Å². The van der Waals surface area contributed by atoms with E-state index in [1.807, 2.05) is 0 Å². The molecule has 0 bridgehead atoms. The van der Waals surface area contributed by atoms with Crippen LogP contribution in [0, 0.1) is 11.6 Å². The summed E-state index contributed by atoms with van der Waals surface area (Å²) in [4.78, 5) is 19.1. The molecule has 1 aromatic carbocycles. The second-order valence-corrected chi connectivity index (χ2v) is 3.06. The van der Waals surface area contributed by atoms with Gasteiger partial charge in [-0.25, -0.2) is 18.7 Å². The molecule has 0 saturated heterocycles. The van der Waals surface area contributed by atoms with Gasteiger partial charge in [-0.1, -0.05) is 0 Å². The Balaban J connectivity index is 2.42. The van der Waals surface area contributed by atoms with E-state index in [1.165, 1.54) is 12.4 Å². The number of nitrogens with zero attached hydrogens (tertiary/aromatic N) is 2. The maximum Gasteiger partial charge on any atom is 0.230 e. The maximum absolute atomic E-state index is 12.9. The van der Waals surface area contributed by atoms with Crippen molar-refractivity contribution >= 4 is 5.78 Å².